The lowest BCUT2D eigenvalue weighted by Gasteiger charge is -2.07. The Morgan fingerprint density at radius 3 is 2.59 bits per heavy atom. The molecule has 0 aliphatic rings. The third-order valence-electron chi connectivity index (χ3n) is 3.73. The van der Waals surface area contributed by atoms with E-state index in [1.54, 1.807) is 18.2 Å². The van der Waals surface area contributed by atoms with Gasteiger partial charge in [-0.05, 0) is 36.4 Å². The van der Waals surface area contributed by atoms with E-state index >= 15 is 0 Å². The van der Waals surface area contributed by atoms with Gasteiger partial charge in [0.05, 0.1) is 5.56 Å². The van der Waals surface area contributed by atoms with Crippen LogP contribution < -0.4 is 0 Å². The van der Waals surface area contributed by atoms with Gasteiger partial charge >= 0.3 is 0 Å². The van der Waals surface area contributed by atoms with Crippen molar-refractivity contribution in [2.24, 2.45) is 0 Å². The Balaban J connectivity index is 2.14. The molecule has 2 nitrogen and oxygen atoms in total. The fraction of sp³-hybridized carbons (Fsp3) is 0. The molecule has 0 unspecified atom stereocenters. The molecule has 0 spiro atoms. The summed E-state index contributed by atoms with van der Waals surface area (Å²) in [7, 11) is 0. The van der Waals surface area contributed by atoms with Crippen molar-refractivity contribution in [3.63, 3.8) is 0 Å². The normalized spacial score (nSPS) is 11.4. The van der Waals surface area contributed by atoms with E-state index in [0.717, 1.165) is 10.8 Å². The largest absolute Gasteiger partial charge is 0.507 e. The molecule has 0 saturated heterocycles. The number of halogens is 2. The number of hydrogen-bond donors (Lipinski definition) is 1. The van der Waals surface area contributed by atoms with Gasteiger partial charge < -0.3 is 9.52 Å². The van der Waals surface area contributed by atoms with Gasteiger partial charge in [0.1, 0.15) is 22.7 Å². The number of benzene rings is 3. The van der Waals surface area contributed by atoms with Crippen molar-refractivity contribution >= 4 is 33.5 Å². The number of furan rings is 1. The summed E-state index contributed by atoms with van der Waals surface area (Å²) in [5.74, 6) is -0.538. The zero-order valence-electron chi connectivity index (χ0n) is 11.3. The summed E-state index contributed by atoms with van der Waals surface area (Å²) in [5, 5.41) is 12.2. The molecule has 22 heavy (non-hydrogen) atoms. The van der Waals surface area contributed by atoms with Crippen LogP contribution in [-0.2, 0) is 0 Å². The number of aromatic hydroxyl groups is 1. The molecule has 0 saturated carbocycles. The van der Waals surface area contributed by atoms with E-state index in [1.807, 2.05) is 24.3 Å². The third kappa shape index (κ3) is 1.86. The van der Waals surface area contributed by atoms with Gasteiger partial charge in [0.15, 0.2) is 0 Å². The maximum Gasteiger partial charge on any atom is 0.146 e. The Morgan fingerprint density at radius 2 is 1.77 bits per heavy atom. The molecular weight excluding hydrogens is 303 g/mol. The highest BCUT2D eigenvalue weighted by atomic mass is 35.5. The van der Waals surface area contributed by atoms with E-state index < -0.39 is 5.82 Å². The number of rotatable bonds is 1. The number of hydrogen-bond acceptors (Lipinski definition) is 2. The van der Waals surface area contributed by atoms with Crippen molar-refractivity contribution in [2.45, 2.75) is 0 Å². The SMILES string of the molecule is Oc1cc(Cl)ccc1-c1c(F)ccc2c1oc1ccccc12. The number of phenols is 1. The molecule has 3 aromatic carbocycles. The summed E-state index contributed by atoms with van der Waals surface area (Å²) < 4.78 is 20.2. The fourth-order valence-corrected chi connectivity index (χ4v) is 2.90. The Morgan fingerprint density at radius 1 is 0.955 bits per heavy atom. The zero-order chi connectivity index (χ0) is 15.3. The van der Waals surface area contributed by atoms with Gasteiger partial charge in [-0.1, -0.05) is 29.8 Å². The van der Waals surface area contributed by atoms with Gasteiger partial charge in [-0.2, -0.15) is 0 Å². The van der Waals surface area contributed by atoms with Crippen LogP contribution in [0.15, 0.2) is 59.0 Å². The Bertz CT molecular complexity index is 1020. The Labute approximate surface area is 130 Å². The minimum Gasteiger partial charge on any atom is -0.507 e. The molecule has 0 bridgehead atoms. The predicted molar refractivity (Wildman–Crippen MR) is 85.8 cm³/mol. The van der Waals surface area contributed by atoms with E-state index in [1.165, 1.54) is 12.1 Å². The van der Waals surface area contributed by atoms with Crippen LogP contribution in [0, 0.1) is 5.82 Å². The highest BCUT2D eigenvalue weighted by Gasteiger charge is 2.18. The zero-order valence-corrected chi connectivity index (χ0v) is 12.1. The lowest BCUT2D eigenvalue weighted by Crippen LogP contribution is -1.86. The van der Waals surface area contributed by atoms with Crippen LogP contribution in [0.5, 0.6) is 5.75 Å². The van der Waals surface area contributed by atoms with Crippen LogP contribution >= 0.6 is 11.6 Å². The second kappa shape index (κ2) is 4.75. The molecular formula is C18H10ClFO2. The van der Waals surface area contributed by atoms with Crippen LogP contribution in [0.2, 0.25) is 5.02 Å². The second-order valence-corrected chi connectivity index (χ2v) is 5.50. The topological polar surface area (TPSA) is 33.4 Å². The highest BCUT2D eigenvalue weighted by Crippen LogP contribution is 2.41. The first-order valence-electron chi connectivity index (χ1n) is 6.74. The van der Waals surface area contributed by atoms with E-state index in [2.05, 4.69) is 0 Å². The van der Waals surface area contributed by atoms with Crippen molar-refractivity contribution < 1.29 is 13.9 Å². The molecule has 1 aromatic heterocycles. The fourth-order valence-electron chi connectivity index (χ4n) is 2.73. The summed E-state index contributed by atoms with van der Waals surface area (Å²) in [5.41, 5.74) is 1.69. The maximum absolute atomic E-state index is 14.4. The first kappa shape index (κ1) is 13.2. The van der Waals surface area contributed by atoms with E-state index in [-0.39, 0.29) is 11.3 Å². The molecule has 0 atom stereocenters. The monoisotopic (exact) mass is 312 g/mol. The van der Waals surface area contributed by atoms with E-state index in [0.29, 0.717) is 21.8 Å². The van der Waals surface area contributed by atoms with Gasteiger partial charge in [-0.15, -0.1) is 0 Å². The molecule has 0 aliphatic heterocycles. The summed E-state index contributed by atoms with van der Waals surface area (Å²) in [6.07, 6.45) is 0. The number of para-hydroxylation sites is 1. The smallest absolute Gasteiger partial charge is 0.146 e. The van der Waals surface area contributed by atoms with Gasteiger partial charge in [0.25, 0.3) is 0 Å². The molecule has 0 radical (unpaired) electrons. The molecule has 4 rings (SSSR count). The lowest BCUT2D eigenvalue weighted by molar-refractivity contribution is 0.476. The molecule has 0 amide bonds. The van der Waals surface area contributed by atoms with E-state index in [4.69, 9.17) is 16.0 Å². The van der Waals surface area contributed by atoms with Crippen LogP contribution in [0.3, 0.4) is 0 Å². The molecule has 1 N–H and O–H groups in total. The van der Waals surface area contributed by atoms with Crippen LogP contribution in [0.25, 0.3) is 33.1 Å². The minimum atomic E-state index is -0.454. The maximum atomic E-state index is 14.4. The van der Waals surface area contributed by atoms with Crippen molar-refractivity contribution in [1.29, 1.82) is 0 Å². The average molecular weight is 313 g/mol. The number of fused-ring (bicyclic) bond motifs is 3. The van der Waals surface area contributed by atoms with Crippen molar-refractivity contribution in [1.82, 2.24) is 0 Å². The molecule has 4 aromatic rings. The lowest BCUT2D eigenvalue weighted by atomic mass is 10.0. The average Bonchev–Trinajstić information content (AvgIpc) is 2.87. The molecule has 0 fully saturated rings. The molecule has 1 heterocycles. The molecule has 0 aliphatic carbocycles. The Kier molecular flexibility index (Phi) is 2.84. The Hall–Kier alpha value is -2.52. The van der Waals surface area contributed by atoms with Crippen LogP contribution in [0.1, 0.15) is 0 Å². The minimum absolute atomic E-state index is 0.0839. The summed E-state index contributed by atoms with van der Waals surface area (Å²) >= 11 is 5.85. The van der Waals surface area contributed by atoms with Gasteiger partial charge in [-0.25, -0.2) is 4.39 Å². The first-order valence-corrected chi connectivity index (χ1v) is 7.11. The summed E-state index contributed by atoms with van der Waals surface area (Å²) in [6.45, 7) is 0. The van der Waals surface area contributed by atoms with Crippen LogP contribution in [0.4, 0.5) is 4.39 Å². The third-order valence-corrected chi connectivity index (χ3v) is 3.96. The standard InChI is InChI=1S/C18H10ClFO2/c19-10-5-6-13(15(21)9-10)17-14(20)8-7-12-11-3-1-2-4-16(11)22-18(12)17/h1-9,21H. The van der Waals surface area contributed by atoms with Crippen LogP contribution in [-0.4, -0.2) is 5.11 Å². The highest BCUT2D eigenvalue weighted by molar-refractivity contribution is 6.30. The number of phenolic OH excluding ortho intramolecular Hbond substituents is 1. The second-order valence-electron chi connectivity index (χ2n) is 5.06. The van der Waals surface area contributed by atoms with Gasteiger partial charge in [0, 0.05) is 21.4 Å². The van der Waals surface area contributed by atoms with Crippen molar-refractivity contribution in [3.8, 4) is 16.9 Å². The predicted octanol–water partition coefficient (Wildman–Crippen LogP) is 5.75. The van der Waals surface area contributed by atoms with Gasteiger partial charge in [0.2, 0.25) is 0 Å². The quantitative estimate of drug-likeness (QED) is 0.485. The van der Waals surface area contributed by atoms with Gasteiger partial charge in [-0.3, -0.25) is 0 Å². The van der Waals surface area contributed by atoms with E-state index in [9.17, 15) is 9.50 Å². The summed E-state index contributed by atoms with van der Waals surface area (Å²) in [6, 6.07) is 15.2. The first-order chi connectivity index (χ1) is 10.6. The van der Waals surface area contributed by atoms with Crippen molar-refractivity contribution in [3.05, 3.63) is 65.4 Å². The molecule has 108 valence electrons. The summed E-state index contributed by atoms with van der Waals surface area (Å²) in [4.78, 5) is 0. The molecule has 4 heteroatoms. The van der Waals surface area contributed by atoms with Crippen molar-refractivity contribution in [2.75, 3.05) is 0 Å².